The summed E-state index contributed by atoms with van der Waals surface area (Å²) < 4.78 is 5.57. The van der Waals surface area contributed by atoms with Crippen molar-refractivity contribution in [2.45, 2.75) is 97.9 Å². The van der Waals surface area contributed by atoms with Gasteiger partial charge in [0.05, 0.1) is 0 Å². The Labute approximate surface area is 256 Å². The minimum Gasteiger partial charge on any atom is -0.444 e. The third-order valence-electron chi connectivity index (χ3n) is 7.97. The van der Waals surface area contributed by atoms with Crippen LogP contribution in [0.2, 0.25) is 0 Å². The number of nitrogens with zero attached hydrogens (tertiary/aromatic N) is 1. The maximum absolute atomic E-state index is 14.7. The molecular formula is C36H45N3O4. The molecule has 0 heterocycles. The lowest BCUT2D eigenvalue weighted by Crippen LogP contribution is -2.57. The van der Waals surface area contributed by atoms with E-state index in [0.29, 0.717) is 0 Å². The second-order valence-electron chi connectivity index (χ2n) is 12.7. The third-order valence-corrected chi connectivity index (χ3v) is 7.97. The second kappa shape index (κ2) is 13.4. The fraction of sp³-hybridized carbons (Fsp3) is 0.417. The van der Waals surface area contributed by atoms with Crippen molar-refractivity contribution in [1.82, 2.24) is 10.2 Å². The minimum absolute atomic E-state index is 0.138. The summed E-state index contributed by atoms with van der Waals surface area (Å²) in [4.78, 5) is 43.9. The van der Waals surface area contributed by atoms with Crippen molar-refractivity contribution in [2.24, 2.45) is 0 Å². The van der Waals surface area contributed by atoms with Crippen molar-refractivity contribution >= 4 is 23.6 Å². The highest BCUT2D eigenvalue weighted by Crippen LogP contribution is 2.36. The van der Waals surface area contributed by atoms with Crippen molar-refractivity contribution in [3.63, 3.8) is 0 Å². The fourth-order valence-corrected chi connectivity index (χ4v) is 5.62. The zero-order valence-corrected chi connectivity index (χ0v) is 26.5. The Morgan fingerprint density at radius 1 is 0.884 bits per heavy atom. The Kier molecular flexibility index (Phi) is 9.95. The Bertz CT molecular complexity index is 1440. The molecule has 0 radical (unpaired) electrons. The number of para-hydroxylation sites is 1. The van der Waals surface area contributed by atoms with Crippen LogP contribution in [0.4, 0.5) is 10.5 Å². The van der Waals surface area contributed by atoms with Crippen molar-refractivity contribution in [3.8, 4) is 0 Å². The zero-order chi connectivity index (χ0) is 31.3. The number of aryl methyl sites for hydroxylation is 4. The molecule has 1 saturated carbocycles. The van der Waals surface area contributed by atoms with Gasteiger partial charge in [-0.25, -0.2) is 4.79 Å². The van der Waals surface area contributed by atoms with Gasteiger partial charge < -0.3 is 20.3 Å². The molecule has 2 atom stereocenters. The minimum atomic E-state index is -0.931. The van der Waals surface area contributed by atoms with Gasteiger partial charge in [0, 0.05) is 18.2 Å². The summed E-state index contributed by atoms with van der Waals surface area (Å²) in [7, 11) is 0. The van der Waals surface area contributed by atoms with E-state index in [0.717, 1.165) is 58.3 Å². The molecule has 1 fully saturated rings. The lowest BCUT2D eigenvalue weighted by atomic mass is 9.86. The summed E-state index contributed by atoms with van der Waals surface area (Å²) >= 11 is 0. The van der Waals surface area contributed by atoms with Gasteiger partial charge in [0.2, 0.25) is 5.91 Å². The fourth-order valence-electron chi connectivity index (χ4n) is 5.62. The first-order valence-corrected chi connectivity index (χ1v) is 15.1. The highest BCUT2D eigenvalue weighted by molar-refractivity contribution is 6.00. The van der Waals surface area contributed by atoms with Crippen LogP contribution >= 0.6 is 0 Å². The van der Waals surface area contributed by atoms with E-state index in [1.54, 1.807) is 25.7 Å². The maximum Gasteiger partial charge on any atom is 0.408 e. The highest BCUT2D eigenvalue weighted by atomic mass is 16.6. The number of nitrogens with one attached hydrogen (secondary N) is 2. The molecule has 0 saturated heterocycles. The number of ether oxygens (including phenoxy) is 1. The van der Waals surface area contributed by atoms with E-state index in [9.17, 15) is 14.4 Å². The number of benzene rings is 3. The number of anilines is 1. The highest BCUT2D eigenvalue weighted by Gasteiger charge is 2.42. The van der Waals surface area contributed by atoms with Crippen LogP contribution in [0.1, 0.15) is 79.5 Å². The van der Waals surface area contributed by atoms with Crippen LogP contribution in [-0.2, 0) is 20.7 Å². The van der Waals surface area contributed by atoms with Crippen LogP contribution in [0.15, 0.2) is 66.7 Å². The molecule has 2 unspecified atom stereocenters. The second-order valence-corrected chi connectivity index (χ2v) is 12.7. The SMILES string of the molecule is Cc1ccc(C(C(=O)Nc2c(C)cccc2C)N(C(=O)C(Cc2ccccc2)NC(=O)OC(C)(C)C)C2CCC2)c(C)c1. The molecule has 228 valence electrons. The molecule has 1 aliphatic rings. The number of carbonyl (C=O) groups is 3. The number of alkyl carbamates (subject to hydrolysis) is 1. The van der Waals surface area contributed by atoms with Crippen molar-refractivity contribution < 1.29 is 19.1 Å². The average Bonchev–Trinajstić information content (AvgIpc) is 2.89. The molecule has 7 heteroatoms. The topological polar surface area (TPSA) is 87.7 Å². The van der Waals surface area contributed by atoms with Crippen molar-refractivity contribution in [1.29, 1.82) is 0 Å². The molecule has 0 aliphatic heterocycles. The summed E-state index contributed by atoms with van der Waals surface area (Å²) in [5.74, 6) is -0.582. The molecule has 7 nitrogen and oxygen atoms in total. The summed E-state index contributed by atoms with van der Waals surface area (Å²) in [6.45, 7) is 13.3. The van der Waals surface area contributed by atoms with Gasteiger partial charge in [0.25, 0.3) is 5.91 Å². The number of rotatable bonds is 9. The first-order valence-electron chi connectivity index (χ1n) is 15.1. The van der Waals surface area contributed by atoms with Crippen molar-refractivity contribution in [3.05, 3.63) is 100 Å². The van der Waals surface area contributed by atoms with Gasteiger partial charge in [0.1, 0.15) is 17.7 Å². The van der Waals surface area contributed by atoms with E-state index >= 15 is 0 Å². The maximum atomic E-state index is 14.7. The van der Waals surface area contributed by atoms with Crippen LogP contribution < -0.4 is 10.6 Å². The average molecular weight is 584 g/mol. The van der Waals surface area contributed by atoms with Crippen LogP contribution in [-0.4, -0.2) is 40.5 Å². The molecule has 2 N–H and O–H groups in total. The van der Waals surface area contributed by atoms with Crippen LogP contribution in [0.3, 0.4) is 0 Å². The molecule has 3 aromatic rings. The number of carbonyl (C=O) groups excluding carboxylic acids is 3. The number of hydrogen-bond donors (Lipinski definition) is 2. The Hall–Kier alpha value is -4.13. The Balaban J connectivity index is 1.79. The predicted octanol–water partition coefficient (Wildman–Crippen LogP) is 7.12. The molecule has 0 aromatic heterocycles. The summed E-state index contributed by atoms with van der Waals surface area (Å²) in [5, 5.41) is 6.03. The smallest absolute Gasteiger partial charge is 0.408 e. The Morgan fingerprint density at radius 3 is 2.09 bits per heavy atom. The van der Waals surface area contributed by atoms with E-state index in [-0.39, 0.29) is 24.3 Å². The van der Waals surface area contributed by atoms with Crippen LogP contribution in [0.25, 0.3) is 0 Å². The molecular weight excluding hydrogens is 538 g/mol. The number of hydrogen-bond acceptors (Lipinski definition) is 4. The van der Waals surface area contributed by atoms with Gasteiger partial charge in [0.15, 0.2) is 0 Å². The lowest BCUT2D eigenvalue weighted by molar-refractivity contribution is -0.145. The van der Waals surface area contributed by atoms with Crippen LogP contribution in [0.5, 0.6) is 0 Å². The van der Waals surface area contributed by atoms with E-state index in [4.69, 9.17) is 4.74 Å². The zero-order valence-electron chi connectivity index (χ0n) is 26.5. The standard InChI is InChI=1S/C36H45N3O4/c1-23-19-20-29(26(4)21-23)32(33(40)38-31-24(2)13-11-14-25(31)3)39(28-17-12-18-28)34(41)30(22-27-15-9-8-10-16-27)37-35(42)43-36(5,6)7/h8-11,13-16,19-21,28,30,32H,12,17-18,22H2,1-7H3,(H,37,42)(H,38,40). The van der Waals surface area contributed by atoms with Crippen molar-refractivity contribution in [2.75, 3.05) is 5.32 Å². The van der Waals surface area contributed by atoms with Gasteiger partial charge >= 0.3 is 6.09 Å². The van der Waals surface area contributed by atoms with E-state index in [1.165, 1.54) is 0 Å². The van der Waals surface area contributed by atoms with Gasteiger partial charge in [-0.1, -0.05) is 72.3 Å². The summed E-state index contributed by atoms with van der Waals surface area (Å²) in [6.07, 6.45) is 2.14. The lowest BCUT2D eigenvalue weighted by Gasteiger charge is -2.44. The van der Waals surface area contributed by atoms with Gasteiger partial charge in [-0.3, -0.25) is 9.59 Å². The van der Waals surface area contributed by atoms with Crippen LogP contribution in [0, 0.1) is 27.7 Å². The quantitative estimate of drug-likeness (QED) is 0.281. The first-order chi connectivity index (χ1) is 20.3. The summed E-state index contributed by atoms with van der Waals surface area (Å²) in [5.41, 5.74) is 5.58. The van der Waals surface area contributed by atoms with Gasteiger partial charge in [-0.15, -0.1) is 0 Å². The number of amides is 3. The van der Waals surface area contributed by atoms with Gasteiger partial charge in [-0.05, 0) is 95.5 Å². The molecule has 4 rings (SSSR count). The molecule has 3 aromatic carbocycles. The van der Waals surface area contributed by atoms with Gasteiger partial charge in [-0.2, -0.15) is 0 Å². The monoisotopic (exact) mass is 583 g/mol. The van der Waals surface area contributed by atoms with E-state index in [2.05, 4.69) is 10.6 Å². The molecule has 0 bridgehead atoms. The molecule has 43 heavy (non-hydrogen) atoms. The van der Waals surface area contributed by atoms with E-state index in [1.807, 2.05) is 94.4 Å². The summed E-state index contributed by atoms with van der Waals surface area (Å²) in [6, 6.07) is 19.5. The molecule has 3 amide bonds. The Morgan fingerprint density at radius 2 is 1.53 bits per heavy atom. The predicted molar refractivity (Wildman–Crippen MR) is 171 cm³/mol. The normalized spacial score (nSPS) is 14.7. The first kappa shape index (κ1) is 31.8. The molecule has 0 spiro atoms. The molecule has 1 aliphatic carbocycles. The third kappa shape index (κ3) is 8.04. The largest absolute Gasteiger partial charge is 0.444 e. The van der Waals surface area contributed by atoms with E-state index < -0.39 is 23.8 Å².